The maximum Gasteiger partial charge on any atom is 0.573 e. The van der Waals surface area contributed by atoms with Gasteiger partial charge < -0.3 is 15.0 Å². The van der Waals surface area contributed by atoms with E-state index in [0.29, 0.717) is 24.4 Å². The minimum atomic E-state index is -4.74. The van der Waals surface area contributed by atoms with Crippen LogP contribution in [0, 0.1) is 17.2 Å². The lowest BCUT2D eigenvalue weighted by atomic mass is 10.0. The number of ether oxygens (including phenoxy) is 1. The number of fused-ring (bicyclic) bond motifs is 1. The lowest BCUT2D eigenvalue weighted by molar-refractivity contribution is -0.274. The average Bonchev–Trinajstić information content (AvgIpc) is 2.71. The number of rotatable bonds is 7. The number of hydrogen-bond donors (Lipinski definition) is 1. The number of benzene rings is 2. The minimum absolute atomic E-state index is 0.0834. The molecule has 0 spiro atoms. The van der Waals surface area contributed by atoms with E-state index in [2.05, 4.69) is 16.1 Å². The first-order chi connectivity index (χ1) is 14.7. The monoisotopic (exact) mass is 449 g/mol. The molecule has 0 aromatic heterocycles. The standard InChI is InChI=1S/C22H22F3N3O2S/c1-15(12-26)14-31-20-7-3-2-6-18(20)27-21(29)13-28-10-4-5-16-11-17(8-9-19(16)28)30-22(23,24)25/h2-3,6-9,11,15H,4-5,10,13-14H2,1H3,(H,27,29). The molecule has 164 valence electrons. The van der Waals surface area contributed by atoms with Crippen LogP contribution in [-0.4, -0.2) is 31.1 Å². The number of para-hydroxylation sites is 1. The van der Waals surface area contributed by atoms with E-state index in [4.69, 9.17) is 5.26 Å². The predicted octanol–water partition coefficient (Wildman–Crippen LogP) is 5.23. The zero-order chi connectivity index (χ0) is 22.4. The van der Waals surface area contributed by atoms with Crippen LogP contribution in [0.15, 0.2) is 47.4 Å². The number of carbonyl (C=O) groups is 1. The summed E-state index contributed by atoms with van der Waals surface area (Å²) in [5.74, 6) is 0.0374. The van der Waals surface area contributed by atoms with E-state index in [-0.39, 0.29) is 24.1 Å². The van der Waals surface area contributed by atoms with Crippen molar-refractivity contribution in [2.75, 3.05) is 29.1 Å². The van der Waals surface area contributed by atoms with Crippen molar-refractivity contribution in [3.05, 3.63) is 48.0 Å². The molecule has 1 aliphatic heterocycles. The number of nitrogens with zero attached hydrogens (tertiary/aromatic N) is 2. The fraction of sp³-hybridized carbons (Fsp3) is 0.364. The number of hydrogen-bond acceptors (Lipinski definition) is 5. The zero-order valence-electron chi connectivity index (χ0n) is 16.9. The van der Waals surface area contributed by atoms with Crippen molar-refractivity contribution in [3.8, 4) is 11.8 Å². The van der Waals surface area contributed by atoms with E-state index in [1.165, 1.54) is 23.9 Å². The molecule has 1 amide bonds. The Morgan fingerprint density at radius 3 is 2.84 bits per heavy atom. The van der Waals surface area contributed by atoms with E-state index >= 15 is 0 Å². The van der Waals surface area contributed by atoms with Gasteiger partial charge in [-0.25, -0.2) is 0 Å². The molecule has 5 nitrogen and oxygen atoms in total. The Kier molecular flexibility index (Phi) is 7.33. The topological polar surface area (TPSA) is 65.4 Å². The normalized spacial score (nSPS) is 14.4. The molecule has 31 heavy (non-hydrogen) atoms. The van der Waals surface area contributed by atoms with Crippen LogP contribution in [0.5, 0.6) is 5.75 Å². The lowest BCUT2D eigenvalue weighted by Crippen LogP contribution is -2.36. The van der Waals surface area contributed by atoms with Gasteiger partial charge in [0.05, 0.1) is 24.2 Å². The van der Waals surface area contributed by atoms with Crippen LogP contribution in [0.3, 0.4) is 0 Å². The maximum atomic E-state index is 12.7. The van der Waals surface area contributed by atoms with Crippen molar-refractivity contribution in [2.24, 2.45) is 5.92 Å². The van der Waals surface area contributed by atoms with Crippen LogP contribution >= 0.6 is 11.8 Å². The van der Waals surface area contributed by atoms with Crippen molar-refractivity contribution < 1.29 is 22.7 Å². The summed E-state index contributed by atoms with van der Waals surface area (Å²) in [4.78, 5) is 15.4. The molecule has 0 saturated heterocycles. The number of anilines is 2. The summed E-state index contributed by atoms with van der Waals surface area (Å²) in [6, 6.07) is 13.8. The highest BCUT2D eigenvalue weighted by molar-refractivity contribution is 7.99. The molecule has 0 fully saturated rings. The lowest BCUT2D eigenvalue weighted by Gasteiger charge is -2.31. The molecule has 1 aliphatic rings. The summed E-state index contributed by atoms with van der Waals surface area (Å²) in [6.07, 6.45) is -3.38. The first-order valence-corrected chi connectivity index (χ1v) is 10.8. The summed E-state index contributed by atoms with van der Waals surface area (Å²) in [5.41, 5.74) is 2.14. The molecule has 9 heteroatoms. The summed E-state index contributed by atoms with van der Waals surface area (Å²) in [5, 5.41) is 11.9. The molecule has 0 radical (unpaired) electrons. The van der Waals surface area contributed by atoms with E-state index in [1.807, 2.05) is 36.1 Å². The van der Waals surface area contributed by atoms with E-state index in [9.17, 15) is 18.0 Å². The van der Waals surface area contributed by atoms with Crippen molar-refractivity contribution >= 4 is 29.0 Å². The van der Waals surface area contributed by atoms with Crippen LogP contribution in [0.2, 0.25) is 0 Å². The average molecular weight is 449 g/mol. The van der Waals surface area contributed by atoms with Crippen LogP contribution in [0.4, 0.5) is 24.5 Å². The Labute approximate surface area is 183 Å². The van der Waals surface area contributed by atoms with Gasteiger partial charge in [0, 0.05) is 22.9 Å². The number of alkyl halides is 3. The number of nitriles is 1. The summed E-state index contributed by atoms with van der Waals surface area (Å²) in [6.45, 7) is 2.56. The SMILES string of the molecule is CC(C#N)CSc1ccccc1NC(=O)CN1CCCc2cc(OC(F)(F)F)ccc21. The largest absolute Gasteiger partial charge is 0.573 e. The summed E-state index contributed by atoms with van der Waals surface area (Å²) < 4.78 is 41.4. The summed E-state index contributed by atoms with van der Waals surface area (Å²) in [7, 11) is 0. The quantitative estimate of drug-likeness (QED) is 0.587. The van der Waals surface area contributed by atoms with E-state index in [1.54, 1.807) is 6.07 Å². The number of halogens is 3. The molecular weight excluding hydrogens is 427 g/mol. The third kappa shape index (κ3) is 6.56. The van der Waals surface area contributed by atoms with Crippen LogP contribution in [0.25, 0.3) is 0 Å². The molecule has 1 atom stereocenters. The second kappa shape index (κ2) is 9.96. The fourth-order valence-corrected chi connectivity index (χ4v) is 4.28. The van der Waals surface area contributed by atoms with Gasteiger partial charge in [0.2, 0.25) is 5.91 Å². The van der Waals surface area contributed by atoms with Gasteiger partial charge in [0.25, 0.3) is 0 Å². The van der Waals surface area contributed by atoms with Gasteiger partial charge in [0.1, 0.15) is 5.75 Å². The first-order valence-electron chi connectivity index (χ1n) is 9.80. The Balaban J connectivity index is 1.67. The van der Waals surface area contributed by atoms with Gasteiger partial charge in [-0.05, 0) is 55.7 Å². The van der Waals surface area contributed by atoms with Crippen LogP contribution in [-0.2, 0) is 11.2 Å². The van der Waals surface area contributed by atoms with Gasteiger partial charge in [0.15, 0.2) is 0 Å². The van der Waals surface area contributed by atoms with Gasteiger partial charge in [-0.2, -0.15) is 5.26 Å². The van der Waals surface area contributed by atoms with Gasteiger partial charge in [-0.15, -0.1) is 24.9 Å². The Morgan fingerprint density at radius 1 is 1.32 bits per heavy atom. The number of thioether (sulfide) groups is 1. The van der Waals surface area contributed by atoms with Gasteiger partial charge >= 0.3 is 6.36 Å². The van der Waals surface area contributed by atoms with Crippen molar-refractivity contribution in [1.82, 2.24) is 0 Å². The van der Waals surface area contributed by atoms with Crippen molar-refractivity contribution in [1.29, 1.82) is 5.26 Å². The third-order valence-corrected chi connectivity index (χ3v) is 6.04. The first kappa shape index (κ1) is 22.8. The maximum absolute atomic E-state index is 12.7. The van der Waals surface area contributed by atoms with Gasteiger partial charge in [-0.1, -0.05) is 12.1 Å². The fourth-order valence-electron chi connectivity index (χ4n) is 3.32. The third-order valence-electron chi connectivity index (χ3n) is 4.70. The minimum Gasteiger partial charge on any atom is -0.406 e. The van der Waals surface area contributed by atoms with Crippen LogP contribution in [0.1, 0.15) is 18.9 Å². The Hall–Kier alpha value is -2.86. The molecule has 1 unspecified atom stereocenters. The Morgan fingerprint density at radius 2 is 2.10 bits per heavy atom. The number of aryl methyl sites for hydroxylation is 1. The highest BCUT2D eigenvalue weighted by Crippen LogP contribution is 2.33. The molecule has 0 bridgehead atoms. The molecule has 0 aliphatic carbocycles. The molecule has 2 aromatic carbocycles. The second-order valence-corrected chi connectivity index (χ2v) is 8.31. The molecular formula is C22H22F3N3O2S. The number of amides is 1. The van der Waals surface area contributed by atoms with Crippen LogP contribution < -0.4 is 15.0 Å². The summed E-state index contributed by atoms with van der Waals surface area (Å²) >= 11 is 1.51. The van der Waals surface area contributed by atoms with E-state index in [0.717, 1.165) is 22.6 Å². The molecule has 0 saturated carbocycles. The number of nitrogens with one attached hydrogen (secondary N) is 1. The van der Waals surface area contributed by atoms with E-state index < -0.39 is 6.36 Å². The molecule has 1 N–H and O–H groups in total. The van der Waals surface area contributed by atoms with Crippen molar-refractivity contribution in [3.63, 3.8) is 0 Å². The number of carbonyl (C=O) groups excluding carboxylic acids is 1. The molecule has 3 rings (SSSR count). The molecule has 2 aromatic rings. The van der Waals surface area contributed by atoms with Gasteiger partial charge in [-0.3, -0.25) is 4.79 Å². The molecule has 1 heterocycles. The van der Waals surface area contributed by atoms with Crippen molar-refractivity contribution in [2.45, 2.75) is 31.0 Å². The smallest absolute Gasteiger partial charge is 0.406 e. The Bertz CT molecular complexity index is 975. The second-order valence-electron chi connectivity index (χ2n) is 7.25. The highest BCUT2D eigenvalue weighted by atomic mass is 32.2. The zero-order valence-corrected chi connectivity index (χ0v) is 17.7. The predicted molar refractivity (Wildman–Crippen MR) is 114 cm³/mol. The highest BCUT2D eigenvalue weighted by Gasteiger charge is 2.31.